The molecule has 166 valence electrons. The number of sulfonamides is 1. The molecule has 0 fully saturated rings. The summed E-state index contributed by atoms with van der Waals surface area (Å²) in [7, 11) is -3.76. The van der Waals surface area contributed by atoms with Crippen molar-refractivity contribution in [3.63, 3.8) is 0 Å². The van der Waals surface area contributed by atoms with Crippen LogP contribution in [0.25, 0.3) is 0 Å². The summed E-state index contributed by atoms with van der Waals surface area (Å²) in [4.78, 5) is 0.230. The molecular formula is C26H28N2O3S. The largest absolute Gasteiger partial charge is 0.367 e. The molecule has 0 aliphatic heterocycles. The first kappa shape index (κ1) is 23.7. The van der Waals surface area contributed by atoms with Crippen LogP contribution in [0.5, 0.6) is 0 Å². The lowest BCUT2D eigenvalue weighted by molar-refractivity contribution is 0.164. The molecule has 0 amide bonds. The molecule has 32 heavy (non-hydrogen) atoms. The molecule has 0 aliphatic carbocycles. The van der Waals surface area contributed by atoms with Gasteiger partial charge in [0.1, 0.15) is 6.61 Å². The summed E-state index contributed by atoms with van der Waals surface area (Å²) in [5.41, 5.74) is 2.82. The van der Waals surface area contributed by atoms with Gasteiger partial charge in [0, 0.05) is 6.54 Å². The van der Waals surface area contributed by atoms with Crippen LogP contribution >= 0.6 is 0 Å². The van der Waals surface area contributed by atoms with Gasteiger partial charge < -0.3 is 10.1 Å². The third-order valence-electron chi connectivity index (χ3n) is 5.06. The summed E-state index contributed by atoms with van der Waals surface area (Å²) in [6, 6.07) is 25.3. The van der Waals surface area contributed by atoms with Gasteiger partial charge in [-0.1, -0.05) is 84.3 Å². The zero-order chi connectivity index (χ0) is 22.8. The second kappa shape index (κ2) is 11.6. The molecule has 0 saturated carbocycles. The topological polar surface area (TPSA) is 67.4 Å². The minimum Gasteiger partial charge on any atom is -0.367 e. The van der Waals surface area contributed by atoms with Crippen LogP contribution in [0.2, 0.25) is 0 Å². The molecule has 0 aliphatic rings. The lowest BCUT2D eigenvalue weighted by Gasteiger charge is -2.30. The van der Waals surface area contributed by atoms with Crippen LogP contribution < -0.4 is 10.0 Å². The Morgan fingerprint density at radius 2 is 1.44 bits per heavy atom. The summed E-state index contributed by atoms with van der Waals surface area (Å²) in [5.74, 6) is 2.45. The van der Waals surface area contributed by atoms with Crippen molar-refractivity contribution in [1.82, 2.24) is 10.0 Å². The number of aryl methyl sites for hydroxylation is 1. The van der Waals surface area contributed by atoms with Gasteiger partial charge in [0.05, 0.1) is 23.6 Å². The van der Waals surface area contributed by atoms with E-state index in [-0.39, 0.29) is 17.5 Å². The summed E-state index contributed by atoms with van der Waals surface area (Å²) in [6.45, 7) is 3.09. The Morgan fingerprint density at radius 3 is 2.00 bits per heavy atom. The Balaban J connectivity index is 1.95. The van der Waals surface area contributed by atoms with Crippen molar-refractivity contribution in [2.45, 2.75) is 23.9 Å². The van der Waals surface area contributed by atoms with E-state index in [4.69, 9.17) is 11.2 Å². The molecule has 0 unspecified atom stereocenters. The summed E-state index contributed by atoms with van der Waals surface area (Å²) in [6.07, 6.45) is 5.25. The quantitative estimate of drug-likeness (QED) is 0.344. The van der Waals surface area contributed by atoms with Gasteiger partial charge in [-0.2, -0.15) is 0 Å². The van der Waals surface area contributed by atoms with Gasteiger partial charge in [-0.15, -0.1) is 6.42 Å². The summed E-state index contributed by atoms with van der Waals surface area (Å²) in [5, 5.41) is 3.46. The molecule has 2 N–H and O–H groups in total. The van der Waals surface area contributed by atoms with Crippen LogP contribution in [0.3, 0.4) is 0 Å². The smallest absolute Gasteiger partial charge is 0.241 e. The highest BCUT2D eigenvalue weighted by Gasteiger charge is 2.29. The Bertz CT molecular complexity index is 1110. The Labute approximate surface area is 190 Å². The van der Waals surface area contributed by atoms with Gasteiger partial charge in [-0.05, 0) is 30.2 Å². The van der Waals surface area contributed by atoms with Gasteiger partial charge >= 0.3 is 0 Å². The second-order valence-corrected chi connectivity index (χ2v) is 9.14. The van der Waals surface area contributed by atoms with E-state index in [2.05, 4.69) is 16.0 Å². The second-order valence-electron chi connectivity index (χ2n) is 7.42. The number of ether oxygens (including phenoxy) is 1. The van der Waals surface area contributed by atoms with E-state index in [1.54, 1.807) is 24.3 Å². The van der Waals surface area contributed by atoms with Crippen LogP contribution in [0, 0.1) is 19.3 Å². The maximum atomic E-state index is 13.3. The first-order valence-corrected chi connectivity index (χ1v) is 11.9. The maximum Gasteiger partial charge on any atom is 0.241 e. The van der Waals surface area contributed by atoms with Crippen molar-refractivity contribution in [2.75, 3.05) is 19.8 Å². The molecule has 0 heterocycles. The SMILES string of the molecule is C#CCOCCN[C@H](c1ccccc1)[C@H](NS(=O)(=O)c1ccc(C)cc1)c1ccccc1. The zero-order valence-corrected chi connectivity index (χ0v) is 18.9. The van der Waals surface area contributed by atoms with Crippen molar-refractivity contribution < 1.29 is 13.2 Å². The summed E-state index contributed by atoms with van der Waals surface area (Å²) < 4.78 is 34.9. The van der Waals surface area contributed by atoms with E-state index in [0.29, 0.717) is 13.2 Å². The highest BCUT2D eigenvalue weighted by molar-refractivity contribution is 7.89. The van der Waals surface area contributed by atoms with Crippen molar-refractivity contribution in [3.8, 4) is 12.3 Å². The fraction of sp³-hybridized carbons (Fsp3) is 0.231. The molecule has 6 heteroatoms. The minimum atomic E-state index is -3.76. The highest BCUT2D eigenvalue weighted by atomic mass is 32.2. The minimum absolute atomic E-state index is 0.230. The van der Waals surface area contributed by atoms with Gasteiger partial charge in [0.2, 0.25) is 10.0 Å². The number of rotatable bonds is 11. The van der Waals surface area contributed by atoms with Gasteiger partial charge in [0.25, 0.3) is 0 Å². The van der Waals surface area contributed by atoms with Gasteiger partial charge in [-0.25, -0.2) is 13.1 Å². The van der Waals surface area contributed by atoms with E-state index in [0.717, 1.165) is 16.7 Å². The summed E-state index contributed by atoms with van der Waals surface area (Å²) >= 11 is 0. The zero-order valence-electron chi connectivity index (χ0n) is 18.1. The molecule has 0 spiro atoms. The lowest BCUT2D eigenvalue weighted by Crippen LogP contribution is -2.39. The molecule has 0 aromatic heterocycles. The Kier molecular flexibility index (Phi) is 8.60. The first-order valence-electron chi connectivity index (χ1n) is 10.4. The van der Waals surface area contributed by atoms with Crippen LogP contribution in [0.15, 0.2) is 89.8 Å². The average Bonchev–Trinajstić information content (AvgIpc) is 2.82. The number of hydrogen-bond donors (Lipinski definition) is 2. The third kappa shape index (κ3) is 6.52. The van der Waals surface area contributed by atoms with Crippen molar-refractivity contribution in [3.05, 3.63) is 102 Å². The van der Waals surface area contributed by atoms with E-state index < -0.39 is 16.1 Å². The monoisotopic (exact) mass is 448 g/mol. The fourth-order valence-corrected chi connectivity index (χ4v) is 4.68. The number of benzene rings is 3. The number of terminal acetylenes is 1. The maximum absolute atomic E-state index is 13.3. The molecule has 0 bridgehead atoms. The number of nitrogens with one attached hydrogen (secondary N) is 2. The fourth-order valence-electron chi connectivity index (χ4n) is 3.45. The van der Waals surface area contributed by atoms with Crippen molar-refractivity contribution in [2.24, 2.45) is 0 Å². The van der Waals surface area contributed by atoms with Gasteiger partial charge in [-0.3, -0.25) is 0 Å². The molecule has 5 nitrogen and oxygen atoms in total. The molecule has 2 atom stereocenters. The van der Waals surface area contributed by atoms with E-state index in [1.807, 2.05) is 67.6 Å². The Hall–Kier alpha value is -2.95. The molecule has 3 aromatic carbocycles. The molecule has 3 rings (SSSR count). The van der Waals surface area contributed by atoms with Crippen LogP contribution in [-0.4, -0.2) is 28.2 Å². The molecular weight excluding hydrogens is 420 g/mol. The van der Waals surface area contributed by atoms with Crippen LogP contribution in [0.4, 0.5) is 0 Å². The highest BCUT2D eigenvalue weighted by Crippen LogP contribution is 2.30. The van der Waals surface area contributed by atoms with E-state index >= 15 is 0 Å². The number of hydrogen-bond acceptors (Lipinski definition) is 4. The Morgan fingerprint density at radius 1 is 0.875 bits per heavy atom. The van der Waals surface area contributed by atoms with Crippen molar-refractivity contribution >= 4 is 10.0 Å². The predicted octanol–water partition coefficient (Wildman–Crippen LogP) is 4.00. The van der Waals surface area contributed by atoms with E-state index in [9.17, 15) is 8.42 Å². The average molecular weight is 449 g/mol. The predicted molar refractivity (Wildman–Crippen MR) is 128 cm³/mol. The third-order valence-corrected chi connectivity index (χ3v) is 6.52. The van der Waals surface area contributed by atoms with E-state index in [1.165, 1.54) is 0 Å². The first-order chi connectivity index (χ1) is 15.5. The molecule has 0 saturated heterocycles. The molecule has 3 aromatic rings. The van der Waals surface area contributed by atoms with Crippen molar-refractivity contribution in [1.29, 1.82) is 0 Å². The lowest BCUT2D eigenvalue weighted by atomic mass is 9.94. The van der Waals surface area contributed by atoms with Crippen LogP contribution in [-0.2, 0) is 14.8 Å². The standard InChI is InChI=1S/C26H28N2O3S/c1-3-19-31-20-18-27-25(22-10-6-4-7-11-22)26(23-12-8-5-9-13-23)28-32(29,30)24-16-14-21(2)15-17-24/h1,4-17,25-28H,18-20H2,2H3/t25-,26-/m1/s1. The molecule has 0 radical (unpaired) electrons. The van der Waals surface area contributed by atoms with Gasteiger partial charge in [0.15, 0.2) is 0 Å². The van der Waals surface area contributed by atoms with Crippen LogP contribution in [0.1, 0.15) is 28.8 Å². The normalized spacial score (nSPS) is 13.2.